The molecule has 0 saturated heterocycles. The Balaban J connectivity index is 2.66. The van der Waals surface area contributed by atoms with Crippen molar-refractivity contribution in [3.63, 3.8) is 0 Å². The van der Waals surface area contributed by atoms with Crippen LogP contribution in [0.3, 0.4) is 0 Å². The van der Waals surface area contributed by atoms with Gasteiger partial charge in [-0.1, -0.05) is 5.92 Å². The van der Waals surface area contributed by atoms with Crippen molar-refractivity contribution in [3.05, 3.63) is 9.75 Å². The molecule has 1 aliphatic heterocycles. The maximum atomic E-state index is 4.20. The van der Waals surface area contributed by atoms with Crippen molar-refractivity contribution >= 4 is 34.1 Å². The molecule has 0 atom stereocenters. The van der Waals surface area contributed by atoms with Crippen LogP contribution in [-0.2, 0) is 11.4 Å². The lowest BCUT2D eigenvalue weighted by molar-refractivity contribution is 1.53. The van der Waals surface area contributed by atoms with Gasteiger partial charge >= 0.3 is 0 Å². The Morgan fingerprint density at radius 1 is 1.25 bits per heavy atom. The minimum Gasteiger partial charge on any atom is -0.172 e. The van der Waals surface area contributed by atoms with Gasteiger partial charge in [-0.3, -0.25) is 0 Å². The van der Waals surface area contributed by atoms with Crippen LogP contribution in [0, 0.1) is 18.8 Å². The second kappa shape index (κ2) is 2.85. The molecule has 1 aromatic heterocycles. The minimum atomic E-state index is 0.969. The van der Waals surface area contributed by atoms with E-state index in [1.165, 1.54) is 16.2 Å². The van der Waals surface area contributed by atoms with Gasteiger partial charge in [-0.05, 0) is 13.8 Å². The molecule has 12 heavy (non-hydrogen) atoms. The van der Waals surface area contributed by atoms with Crippen LogP contribution < -0.4 is 0 Å². The first-order valence-corrected chi connectivity index (χ1v) is 5.02. The summed E-state index contributed by atoms with van der Waals surface area (Å²) in [7, 11) is 0. The fourth-order valence-electron chi connectivity index (χ4n) is 1.02. The van der Waals surface area contributed by atoms with Crippen LogP contribution in [0.5, 0.6) is 0 Å². The van der Waals surface area contributed by atoms with Crippen molar-refractivity contribution in [3.8, 4) is 11.8 Å². The fourth-order valence-corrected chi connectivity index (χ4v) is 2.67. The third-order valence-corrected chi connectivity index (χ3v) is 3.06. The zero-order valence-corrected chi connectivity index (χ0v) is 8.34. The molecule has 0 unspecified atom stereocenters. The van der Waals surface area contributed by atoms with E-state index in [-0.39, 0.29) is 0 Å². The van der Waals surface area contributed by atoms with Crippen LogP contribution in [-0.4, -0.2) is 0 Å². The van der Waals surface area contributed by atoms with Gasteiger partial charge in [0.15, 0.2) is 0 Å². The normalized spacial score (nSPS) is 11.8. The van der Waals surface area contributed by atoms with E-state index in [9.17, 15) is 0 Å². The number of thiophene rings is 1. The highest BCUT2D eigenvalue weighted by molar-refractivity contribution is 7.58. The summed E-state index contributed by atoms with van der Waals surface area (Å²) in [5.74, 6) is 5.91. The van der Waals surface area contributed by atoms with E-state index < -0.39 is 0 Å². The lowest BCUT2D eigenvalue weighted by atomic mass is 10.3. The summed E-state index contributed by atoms with van der Waals surface area (Å²) >= 11 is 2.92. The van der Waals surface area contributed by atoms with Gasteiger partial charge in [-0.25, -0.2) is 0 Å². The van der Waals surface area contributed by atoms with E-state index >= 15 is 0 Å². The van der Waals surface area contributed by atoms with Crippen LogP contribution in [0.25, 0.3) is 0 Å². The third kappa shape index (κ3) is 1.02. The fraction of sp³-hybridized carbons (Fsp3) is 0.250. The Hall–Kier alpha value is -0.920. The molecule has 2 rings (SSSR count). The Morgan fingerprint density at radius 2 is 2.00 bits per heavy atom. The van der Waals surface area contributed by atoms with Gasteiger partial charge in [0.2, 0.25) is 0 Å². The van der Waals surface area contributed by atoms with Gasteiger partial charge in [0.1, 0.15) is 16.3 Å². The van der Waals surface area contributed by atoms with Crippen LogP contribution in [0.15, 0.2) is 8.73 Å². The standard InChI is InChI=1S/C8H6N2S2/c1-3-4-6-8-7(5(2)11-6)9-12-10-8/h1-2H3. The lowest BCUT2D eigenvalue weighted by Gasteiger charge is -1.82. The van der Waals surface area contributed by atoms with Crippen molar-refractivity contribution in [1.82, 2.24) is 0 Å². The van der Waals surface area contributed by atoms with Crippen molar-refractivity contribution in [2.75, 3.05) is 0 Å². The molecular formula is C8H6N2S2. The molecule has 0 fully saturated rings. The first kappa shape index (κ1) is 7.71. The summed E-state index contributed by atoms with van der Waals surface area (Å²) in [6.45, 7) is 3.88. The maximum Gasteiger partial charge on any atom is 0.131 e. The van der Waals surface area contributed by atoms with Crippen molar-refractivity contribution in [1.29, 1.82) is 0 Å². The highest BCUT2D eigenvalue weighted by Crippen LogP contribution is 2.43. The van der Waals surface area contributed by atoms with E-state index in [0.29, 0.717) is 0 Å². The Labute approximate surface area is 78.5 Å². The van der Waals surface area contributed by atoms with Gasteiger partial charge in [-0.15, -0.1) is 17.3 Å². The molecule has 0 amide bonds. The molecule has 0 aromatic carbocycles. The predicted molar refractivity (Wildman–Crippen MR) is 53.1 cm³/mol. The van der Waals surface area contributed by atoms with E-state index in [0.717, 1.165) is 16.3 Å². The molecular weight excluding hydrogens is 188 g/mol. The van der Waals surface area contributed by atoms with E-state index in [4.69, 9.17) is 0 Å². The summed E-state index contributed by atoms with van der Waals surface area (Å²) in [6.07, 6.45) is 0. The van der Waals surface area contributed by atoms with Gasteiger partial charge in [-0.2, -0.15) is 8.73 Å². The molecule has 0 aliphatic carbocycles. The van der Waals surface area contributed by atoms with Crippen molar-refractivity contribution in [2.24, 2.45) is 8.73 Å². The molecule has 4 heteroatoms. The molecule has 0 N–H and O–H groups in total. The SMILES string of the molecule is CC#Cc1sc(C)c2c1N=S=N2. The Kier molecular flexibility index (Phi) is 1.83. The highest BCUT2D eigenvalue weighted by atomic mass is 32.1. The Morgan fingerprint density at radius 3 is 2.75 bits per heavy atom. The Bertz CT molecular complexity index is 453. The lowest BCUT2D eigenvalue weighted by Crippen LogP contribution is -1.60. The van der Waals surface area contributed by atoms with Gasteiger partial charge in [0, 0.05) is 4.88 Å². The number of hydrogen-bond acceptors (Lipinski definition) is 3. The summed E-state index contributed by atoms with van der Waals surface area (Å²) in [4.78, 5) is 2.25. The molecule has 60 valence electrons. The molecule has 2 nitrogen and oxygen atoms in total. The summed E-state index contributed by atoms with van der Waals surface area (Å²) in [5, 5.41) is 0. The monoisotopic (exact) mass is 194 g/mol. The molecule has 0 radical (unpaired) electrons. The topological polar surface area (TPSA) is 24.7 Å². The van der Waals surface area contributed by atoms with Crippen LogP contribution in [0.1, 0.15) is 16.7 Å². The molecule has 1 aliphatic rings. The van der Waals surface area contributed by atoms with E-state index in [1.807, 2.05) is 6.92 Å². The largest absolute Gasteiger partial charge is 0.172 e. The van der Waals surface area contributed by atoms with Crippen LogP contribution in [0.4, 0.5) is 11.4 Å². The number of aryl methyl sites for hydroxylation is 1. The predicted octanol–water partition coefficient (Wildman–Crippen LogP) is 3.15. The summed E-state index contributed by atoms with van der Waals surface area (Å²) in [6, 6.07) is 0. The highest BCUT2D eigenvalue weighted by Gasteiger charge is 2.15. The number of nitrogens with zero attached hydrogens (tertiary/aromatic N) is 2. The second-order valence-corrected chi connectivity index (χ2v) is 4.08. The molecule has 0 saturated carbocycles. The van der Waals surface area contributed by atoms with Gasteiger partial charge in [0.25, 0.3) is 0 Å². The van der Waals surface area contributed by atoms with Crippen molar-refractivity contribution in [2.45, 2.75) is 13.8 Å². The zero-order valence-electron chi connectivity index (χ0n) is 6.71. The van der Waals surface area contributed by atoms with Gasteiger partial charge < -0.3 is 0 Å². The smallest absolute Gasteiger partial charge is 0.131 e. The van der Waals surface area contributed by atoms with Crippen LogP contribution in [0.2, 0.25) is 0 Å². The van der Waals surface area contributed by atoms with Gasteiger partial charge in [0.05, 0.1) is 11.4 Å². The first-order valence-electron chi connectivity index (χ1n) is 3.47. The summed E-state index contributed by atoms with van der Waals surface area (Å²) < 4.78 is 8.39. The zero-order chi connectivity index (χ0) is 8.55. The van der Waals surface area contributed by atoms with Crippen molar-refractivity contribution < 1.29 is 0 Å². The molecule has 1 aromatic rings. The first-order chi connectivity index (χ1) is 5.83. The van der Waals surface area contributed by atoms with E-state index in [1.54, 1.807) is 11.3 Å². The molecule has 0 bridgehead atoms. The number of rotatable bonds is 0. The molecule has 0 spiro atoms. The summed E-state index contributed by atoms with van der Waals surface area (Å²) in [5.41, 5.74) is 1.99. The van der Waals surface area contributed by atoms with Crippen LogP contribution >= 0.6 is 11.3 Å². The second-order valence-electron chi connectivity index (χ2n) is 2.32. The third-order valence-electron chi connectivity index (χ3n) is 1.53. The number of fused-ring (bicyclic) bond motifs is 1. The average Bonchev–Trinajstić information content (AvgIpc) is 2.58. The minimum absolute atomic E-state index is 0.969. The average molecular weight is 194 g/mol. The maximum absolute atomic E-state index is 4.20. The number of hydrogen-bond donors (Lipinski definition) is 0. The van der Waals surface area contributed by atoms with E-state index in [2.05, 4.69) is 27.5 Å². The molecule has 2 heterocycles. The quantitative estimate of drug-likeness (QED) is 0.575.